The molecule has 2 heterocycles. The molecule has 1 aliphatic heterocycles. The number of carbonyl (C=O) groups excluding carboxylic acids is 2. The van der Waals surface area contributed by atoms with Crippen LogP contribution in [-0.2, 0) is 14.4 Å². The van der Waals surface area contributed by atoms with Crippen LogP contribution in [0.3, 0.4) is 0 Å². The van der Waals surface area contributed by atoms with Gasteiger partial charge in [0.15, 0.2) is 17.2 Å². The minimum Gasteiger partial charge on any atom is -0.393 e. The molecule has 4 aliphatic carbocycles. The van der Waals surface area contributed by atoms with Crippen LogP contribution in [0.2, 0.25) is 0 Å². The number of nitrogens with zero attached hydrogens (tertiary/aromatic N) is 1. The first-order valence-electron chi connectivity index (χ1n) is 14.1. The number of halogens is 1. The standard InChI is InChI=1S/C32H34FNO5S/c1-30-10-9-21(36)13-24(30)25(33)14-22-23-12-19-16-34(20-7-5-18(6-8-20)27-4-3-11-40-27)39-32(19,28(38)17-35)31(23,2)15-26(37)29(22)30/h3-11,13,19,22-23,25-26,29,35,37H,12,14-17H2,1-2H3. The summed E-state index contributed by atoms with van der Waals surface area (Å²) in [6.07, 6.45) is 3.71. The Morgan fingerprint density at radius 2 is 1.98 bits per heavy atom. The molecule has 3 saturated carbocycles. The fraction of sp³-hybridized carbons (Fsp3) is 0.500. The van der Waals surface area contributed by atoms with Crippen LogP contribution < -0.4 is 5.06 Å². The van der Waals surface area contributed by atoms with E-state index in [0.717, 1.165) is 11.3 Å². The zero-order chi connectivity index (χ0) is 28.0. The second-order valence-corrected chi connectivity index (χ2v) is 13.7. The van der Waals surface area contributed by atoms with Crippen LogP contribution in [-0.4, -0.2) is 52.8 Å². The summed E-state index contributed by atoms with van der Waals surface area (Å²) in [7, 11) is 0. The average molecular weight is 564 g/mol. The van der Waals surface area contributed by atoms with Crippen molar-refractivity contribution in [3.8, 4) is 10.4 Å². The minimum absolute atomic E-state index is 0.0765. The number of benzene rings is 1. The van der Waals surface area contributed by atoms with Gasteiger partial charge in [0.2, 0.25) is 0 Å². The van der Waals surface area contributed by atoms with Crippen molar-refractivity contribution in [2.24, 2.45) is 34.5 Å². The van der Waals surface area contributed by atoms with Crippen LogP contribution in [0.25, 0.3) is 10.4 Å². The first-order valence-corrected chi connectivity index (χ1v) is 15.0. The molecule has 210 valence electrons. The van der Waals surface area contributed by atoms with Gasteiger partial charge in [-0.15, -0.1) is 11.3 Å². The molecule has 2 N–H and O–H groups in total. The lowest BCUT2D eigenvalue weighted by atomic mass is 9.46. The van der Waals surface area contributed by atoms with E-state index in [4.69, 9.17) is 4.84 Å². The molecule has 4 fully saturated rings. The highest BCUT2D eigenvalue weighted by Crippen LogP contribution is 2.70. The monoisotopic (exact) mass is 563 g/mol. The van der Waals surface area contributed by atoms with Gasteiger partial charge in [-0.1, -0.05) is 38.1 Å². The lowest BCUT2D eigenvalue weighted by molar-refractivity contribution is -0.191. The molecular weight excluding hydrogens is 529 g/mol. The van der Waals surface area contributed by atoms with E-state index in [1.165, 1.54) is 17.0 Å². The maximum absolute atomic E-state index is 15.8. The maximum Gasteiger partial charge on any atom is 0.193 e. The number of alkyl halides is 1. The molecule has 0 spiro atoms. The van der Waals surface area contributed by atoms with Crippen LogP contribution in [0.4, 0.5) is 10.1 Å². The third-order valence-corrected chi connectivity index (χ3v) is 11.9. The number of hydrogen-bond acceptors (Lipinski definition) is 7. The Kier molecular flexibility index (Phi) is 5.86. The van der Waals surface area contributed by atoms with Crippen molar-refractivity contribution in [3.05, 3.63) is 65.6 Å². The van der Waals surface area contributed by atoms with E-state index in [2.05, 4.69) is 6.07 Å². The summed E-state index contributed by atoms with van der Waals surface area (Å²) in [6.45, 7) is 3.74. The predicted molar refractivity (Wildman–Crippen MR) is 150 cm³/mol. The second kappa shape index (κ2) is 8.92. The molecule has 0 amide bonds. The predicted octanol–water partition coefficient (Wildman–Crippen LogP) is 4.92. The van der Waals surface area contributed by atoms with E-state index in [1.54, 1.807) is 22.5 Å². The van der Waals surface area contributed by atoms with Gasteiger partial charge in [-0.2, -0.15) is 0 Å². The fourth-order valence-corrected chi connectivity index (χ4v) is 10.1. The number of fused-ring (bicyclic) bond motifs is 7. The number of Topliss-reactive ketones (excluding diaryl/α,β-unsaturated/α-hetero) is 1. The van der Waals surface area contributed by atoms with E-state index in [9.17, 15) is 19.8 Å². The first kappa shape index (κ1) is 26.3. The van der Waals surface area contributed by atoms with E-state index in [1.807, 2.05) is 49.6 Å². The number of allylic oxidation sites excluding steroid dienone is 4. The fourth-order valence-electron chi connectivity index (χ4n) is 9.38. The van der Waals surface area contributed by atoms with E-state index in [-0.39, 0.29) is 41.7 Å². The number of ketones is 2. The van der Waals surface area contributed by atoms with Crippen LogP contribution in [0.5, 0.6) is 0 Å². The summed E-state index contributed by atoms with van der Waals surface area (Å²) < 4.78 is 15.8. The lowest BCUT2D eigenvalue weighted by Crippen LogP contribution is -2.64. The highest BCUT2D eigenvalue weighted by atomic mass is 32.1. The minimum atomic E-state index is -1.31. The number of aliphatic hydroxyl groups excluding tert-OH is 2. The van der Waals surface area contributed by atoms with Crippen molar-refractivity contribution in [2.75, 3.05) is 18.2 Å². The Morgan fingerprint density at radius 1 is 1.20 bits per heavy atom. The Labute approximate surface area is 237 Å². The van der Waals surface area contributed by atoms with Crippen LogP contribution in [0.1, 0.15) is 33.1 Å². The van der Waals surface area contributed by atoms with Gasteiger partial charge < -0.3 is 10.2 Å². The van der Waals surface area contributed by atoms with Crippen LogP contribution >= 0.6 is 11.3 Å². The normalized spacial score (nSPS) is 41.7. The van der Waals surface area contributed by atoms with Gasteiger partial charge in [0.05, 0.1) is 18.3 Å². The van der Waals surface area contributed by atoms with Crippen molar-refractivity contribution in [2.45, 2.75) is 51.0 Å². The van der Waals surface area contributed by atoms with Gasteiger partial charge in [-0.3, -0.25) is 19.5 Å². The highest BCUT2D eigenvalue weighted by Gasteiger charge is 2.75. The van der Waals surface area contributed by atoms with Gasteiger partial charge in [0, 0.05) is 27.5 Å². The van der Waals surface area contributed by atoms with Gasteiger partial charge >= 0.3 is 0 Å². The number of hydroxylamine groups is 1. The average Bonchev–Trinajstić information content (AvgIpc) is 3.65. The van der Waals surface area contributed by atoms with Gasteiger partial charge in [0.25, 0.3) is 0 Å². The summed E-state index contributed by atoms with van der Waals surface area (Å²) in [6, 6.07) is 12.1. The molecule has 9 atom stereocenters. The van der Waals surface area contributed by atoms with Crippen molar-refractivity contribution in [3.63, 3.8) is 0 Å². The molecule has 1 saturated heterocycles. The Morgan fingerprint density at radius 3 is 2.67 bits per heavy atom. The molecule has 5 aliphatic rings. The summed E-state index contributed by atoms with van der Waals surface area (Å²) >= 11 is 1.67. The van der Waals surface area contributed by atoms with Crippen LogP contribution in [0, 0.1) is 34.5 Å². The Balaban J connectivity index is 1.24. The molecule has 6 nitrogen and oxygen atoms in total. The number of aliphatic hydroxyl groups is 2. The van der Waals surface area contributed by atoms with Gasteiger partial charge in [-0.05, 0) is 78.0 Å². The second-order valence-electron chi connectivity index (χ2n) is 12.7. The number of thiophene rings is 1. The molecule has 1 aromatic carbocycles. The molecule has 0 radical (unpaired) electrons. The van der Waals surface area contributed by atoms with Crippen molar-refractivity contribution < 1.29 is 29.0 Å². The van der Waals surface area contributed by atoms with Crippen LogP contribution in [0.15, 0.2) is 65.6 Å². The summed E-state index contributed by atoms with van der Waals surface area (Å²) in [5.41, 5.74) is -0.487. The number of anilines is 1. The van der Waals surface area contributed by atoms with Gasteiger partial charge in [-0.25, -0.2) is 4.39 Å². The first-order chi connectivity index (χ1) is 19.1. The third-order valence-electron chi connectivity index (χ3n) is 11.0. The molecular formula is C32H34FNO5S. The molecule has 8 heteroatoms. The number of hydrogen-bond donors (Lipinski definition) is 2. The zero-order valence-electron chi connectivity index (χ0n) is 22.6. The summed E-state index contributed by atoms with van der Waals surface area (Å²) in [4.78, 5) is 33.7. The Hall–Kier alpha value is -2.65. The maximum atomic E-state index is 15.8. The molecule has 9 unspecified atom stereocenters. The quantitative estimate of drug-likeness (QED) is 0.549. The lowest BCUT2D eigenvalue weighted by Gasteiger charge is -2.60. The van der Waals surface area contributed by atoms with Crippen molar-refractivity contribution in [1.29, 1.82) is 0 Å². The SMILES string of the molecule is CC12C=CC(=O)C=C1C(F)CC1C2C(O)CC2(C)C1CC1CN(c3ccc(-c4cccs4)cc3)OC12C(=O)CO. The van der Waals surface area contributed by atoms with E-state index in [0.29, 0.717) is 25.0 Å². The summed E-state index contributed by atoms with van der Waals surface area (Å²) in [5.74, 6) is -1.35. The molecule has 0 bridgehead atoms. The van der Waals surface area contributed by atoms with Crippen molar-refractivity contribution >= 4 is 28.6 Å². The molecule has 40 heavy (non-hydrogen) atoms. The largest absolute Gasteiger partial charge is 0.393 e. The number of rotatable bonds is 4. The Bertz CT molecular complexity index is 1420. The number of carbonyl (C=O) groups is 2. The third kappa shape index (κ3) is 3.36. The zero-order valence-corrected chi connectivity index (χ0v) is 23.4. The van der Waals surface area contributed by atoms with E-state index >= 15 is 4.39 Å². The highest BCUT2D eigenvalue weighted by molar-refractivity contribution is 7.13. The molecule has 1 aromatic heterocycles. The molecule has 2 aromatic rings. The smallest absolute Gasteiger partial charge is 0.193 e. The van der Waals surface area contributed by atoms with Crippen molar-refractivity contribution in [1.82, 2.24) is 0 Å². The topological polar surface area (TPSA) is 87.1 Å². The van der Waals surface area contributed by atoms with E-state index < -0.39 is 35.3 Å². The van der Waals surface area contributed by atoms with Gasteiger partial charge in [0.1, 0.15) is 12.8 Å². The molecule has 7 rings (SSSR count). The summed E-state index contributed by atoms with van der Waals surface area (Å²) in [5, 5.41) is 25.7.